The first-order valence-corrected chi connectivity index (χ1v) is 9.65. The molecule has 30 heavy (non-hydrogen) atoms. The van der Waals surface area contributed by atoms with Gasteiger partial charge in [0, 0.05) is 32.9 Å². The van der Waals surface area contributed by atoms with Gasteiger partial charge < -0.3 is 9.47 Å². The third-order valence-electron chi connectivity index (χ3n) is 4.95. The molecular weight excluding hydrogens is 386 g/mol. The Morgan fingerprint density at radius 1 is 1.13 bits per heavy atom. The molecule has 0 radical (unpaired) electrons. The number of hydrazone groups is 1. The lowest BCUT2D eigenvalue weighted by molar-refractivity contribution is -0.121. The van der Waals surface area contributed by atoms with Crippen LogP contribution in [0.5, 0.6) is 0 Å². The molecule has 2 aromatic heterocycles. The van der Waals surface area contributed by atoms with Crippen molar-refractivity contribution in [3.63, 3.8) is 0 Å². The summed E-state index contributed by atoms with van der Waals surface area (Å²) < 4.78 is 3.72. The Hall–Kier alpha value is -3.69. The number of nitrogens with zero attached hydrogens (tertiary/aromatic N) is 6. The summed E-state index contributed by atoms with van der Waals surface area (Å²) in [5.41, 5.74) is 3.86. The fraction of sp³-hybridized carbons (Fsp3) is 0.350. The van der Waals surface area contributed by atoms with Gasteiger partial charge in [-0.3, -0.25) is 18.7 Å². The average Bonchev–Trinajstić information content (AvgIpc) is 3.16. The van der Waals surface area contributed by atoms with Gasteiger partial charge >= 0.3 is 5.69 Å². The second-order valence-corrected chi connectivity index (χ2v) is 6.81. The van der Waals surface area contributed by atoms with Crippen molar-refractivity contribution in [2.24, 2.45) is 19.2 Å². The summed E-state index contributed by atoms with van der Waals surface area (Å²) in [5.74, 6) is -0.404. The number of aryl methyl sites for hydroxylation is 1. The number of nitrogens with one attached hydrogen (secondary N) is 1. The van der Waals surface area contributed by atoms with Crippen molar-refractivity contribution in [2.45, 2.75) is 20.4 Å². The van der Waals surface area contributed by atoms with Crippen molar-refractivity contribution in [3.8, 4) is 0 Å². The quantitative estimate of drug-likeness (QED) is 0.448. The van der Waals surface area contributed by atoms with Crippen LogP contribution in [0.1, 0.15) is 19.4 Å². The molecule has 0 bridgehead atoms. The van der Waals surface area contributed by atoms with Gasteiger partial charge in [0.1, 0.15) is 12.2 Å². The number of benzene rings is 1. The average molecular weight is 411 g/mol. The van der Waals surface area contributed by atoms with E-state index < -0.39 is 17.2 Å². The van der Waals surface area contributed by atoms with Crippen LogP contribution in [-0.4, -0.2) is 43.9 Å². The topological polar surface area (TPSA) is 107 Å². The molecule has 10 heteroatoms. The monoisotopic (exact) mass is 411 g/mol. The molecule has 1 amide bonds. The van der Waals surface area contributed by atoms with E-state index in [4.69, 9.17) is 0 Å². The number of hydrogen-bond acceptors (Lipinski definition) is 6. The predicted molar refractivity (Wildman–Crippen MR) is 116 cm³/mol. The first-order valence-electron chi connectivity index (χ1n) is 9.65. The molecule has 0 saturated carbocycles. The maximum atomic E-state index is 12.3. The van der Waals surface area contributed by atoms with Crippen molar-refractivity contribution in [2.75, 3.05) is 18.0 Å². The summed E-state index contributed by atoms with van der Waals surface area (Å²) in [6.07, 6.45) is 2.92. The van der Waals surface area contributed by atoms with Gasteiger partial charge in [0.05, 0.1) is 12.5 Å². The number of hydrogen-bond donors (Lipinski definition) is 1. The van der Waals surface area contributed by atoms with Gasteiger partial charge in [-0.2, -0.15) is 5.10 Å². The van der Waals surface area contributed by atoms with Crippen molar-refractivity contribution >= 4 is 29.0 Å². The van der Waals surface area contributed by atoms with Crippen molar-refractivity contribution in [3.05, 3.63) is 57.0 Å². The summed E-state index contributed by atoms with van der Waals surface area (Å²) >= 11 is 0. The lowest BCUT2D eigenvalue weighted by Crippen LogP contribution is -2.37. The fourth-order valence-electron chi connectivity index (χ4n) is 3.28. The van der Waals surface area contributed by atoms with Gasteiger partial charge in [0.15, 0.2) is 5.52 Å². The summed E-state index contributed by atoms with van der Waals surface area (Å²) in [6.45, 7) is 5.94. The summed E-state index contributed by atoms with van der Waals surface area (Å²) in [5, 5.41) is 3.98. The highest BCUT2D eigenvalue weighted by Crippen LogP contribution is 2.14. The van der Waals surface area contributed by atoms with Crippen LogP contribution in [0, 0.1) is 0 Å². The third kappa shape index (κ3) is 4.02. The molecule has 0 fully saturated rings. The zero-order valence-corrected chi connectivity index (χ0v) is 17.5. The number of anilines is 1. The van der Waals surface area contributed by atoms with E-state index >= 15 is 0 Å². The number of carbonyl (C=O) groups is 1. The zero-order chi connectivity index (χ0) is 21.8. The molecule has 3 rings (SSSR count). The molecule has 0 saturated heterocycles. The Bertz CT molecular complexity index is 1200. The minimum absolute atomic E-state index is 0.129. The molecule has 0 spiro atoms. The van der Waals surface area contributed by atoms with Crippen LogP contribution in [-0.2, 0) is 25.4 Å². The molecule has 1 aromatic carbocycles. The Morgan fingerprint density at radius 2 is 1.80 bits per heavy atom. The van der Waals surface area contributed by atoms with Crippen LogP contribution in [0.4, 0.5) is 5.69 Å². The second kappa shape index (κ2) is 8.76. The van der Waals surface area contributed by atoms with Crippen molar-refractivity contribution in [1.82, 2.24) is 24.1 Å². The lowest BCUT2D eigenvalue weighted by Gasteiger charge is -2.20. The standard InChI is InChI=1S/C20H25N7O3/c1-5-26(6-2)15-9-7-14(8-10-15)11-22-23-16(28)12-27-13-21-17-18(27)24(3)20(30)25(4)19(17)29/h7-11,13H,5-6,12H2,1-4H3,(H,23,28)/b22-11-. The number of amides is 1. The molecule has 0 aliphatic carbocycles. The molecule has 2 heterocycles. The summed E-state index contributed by atoms with van der Waals surface area (Å²) in [4.78, 5) is 42.9. The molecule has 1 N–H and O–H groups in total. The molecule has 10 nitrogen and oxygen atoms in total. The normalized spacial score (nSPS) is 11.3. The first-order chi connectivity index (χ1) is 14.4. The van der Waals surface area contributed by atoms with E-state index in [-0.39, 0.29) is 17.7 Å². The third-order valence-corrected chi connectivity index (χ3v) is 4.95. The highest BCUT2D eigenvalue weighted by molar-refractivity contribution is 5.83. The number of fused-ring (bicyclic) bond motifs is 1. The van der Waals surface area contributed by atoms with E-state index in [1.165, 1.54) is 29.6 Å². The van der Waals surface area contributed by atoms with Crippen molar-refractivity contribution in [1.29, 1.82) is 0 Å². The number of rotatable bonds is 7. The Labute approximate surface area is 173 Å². The summed E-state index contributed by atoms with van der Waals surface area (Å²) in [6, 6.07) is 7.88. The highest BCUT2D eigenvalue weighted by atomic mass is 16.2. The molecule has 0 atom stereocenters. The first kappa shape index (κ1) is 21.0. The smallest absolute Gasteiger partial charge is 0.332 e. The Morgan fingerprint density at radius 3 is 2.43 bits per heavy atom. The highest BCUT2D eigenvalue weighted by Gasteiger charge is 2.15. The lowest BCUT2D eigenvalue weighted by atomic mass is 10.2. The second-order valence-electron chi connectivity index (χ2n) is 6.81. The van der Waals surface area contributed by atoms with Gasteiger partial charge in [-0.05, 0) is 31.5 Å². The van der Waals surface area contributed by atoms with Gasteiger partial charge in [0.25, 0.3) is 11.5 Å². The van der Waals surface area contributed by atoms with Gasteiger partial charge in [-0.25, -0.2) is 15.2 Å². The number of aromatic nitrogens is 4. The molecule has 0 aliphatic rings. The van der Waals surface area contributed by atoms with E-state index in [2.05, 4.69) is 34.3 Å². The van der Waals surface area contributed by atoms with Gasteiger partial charge in [0.2, 0.25) is 0 Å². The van der Waals surface area contributed by atoms with E-state index in [1.54, 1.807) is 6.21 Å². The number of carbonyl (C=O) groups excluding carboxylic acids is 1. The largest absolute Gasteiger partial charge is 0.372 e. The van der Waals surface area contributed by atoms with Gasteiger partial charge in [-0.15, -0.1) is 0 Å². The van der Waals surface area contributed by atoms with Crippen LogP contribution in [0.15, 0.2) is 45.3 Å². The van der Waals surface area contributed by atoms with Crippen LogP contribution < -0.4 is 21.6 Å². The van der Waals surface area contributed by atoms with Crippen LogP contribution in [0.2, 0.25) is 0 Å². The van der Waals surface area contributed by atoms with E-state index in [0.717, 1.165) is 28.9 Å². The summed E-state index contributed by atoms with van der Waals surface area (Å²) in [7, 11) is 2.92. The van der Waals surface area contributed by atoms with Crippen molar-refractivity contribution < 1.29 is 4.79 Å². The van der Waals surface area contributed by atoms with E-state index in [9.17, 15) is 14.4 Å². The van der Waals surface area contributed by atoms with E-state index in [0.29, 0.717) is 0 Å². The number of imidazole rings is 1. The fourth-order valence-corrected chi connectivity index (χ4v) is 3.28. The maximum absolute atomic E-state index is 12.3. The van der Waals surface area contributed by atoms with Crippen LogP contribution in [0.3, 0.4) is 0 Å². The molecule has 158 valence electrons. The molecule has 0 aliphatic heterocycles. The van der Waals surface area contributed by atoms with E-state index in [1.807, 2.05) is 24.3 Å². The van der Waals surface area contributed by atoms with Crippen LogP contribution in [0.25, 0.3) is 11.2 Å². The molecular formula is C20H25N7O3. The minimum atomic E-state index is -0.501. The maximum Gasteiger partial charge on any atom is 0.332 e. The Kier molecular flexibility index (Phi) is 6.14. The van der Waals surface area contributed by atoms with Gasteiger partial charge in [-0.1, -0.05) is 12.1 Å². The zero-order valence-electron chi connectivity index (χ0n) is 17.5. The molecule has 0 unspecified atom stereocenters. The molecule has 3 aromatic rings. The van der Waals surface area contributed by atoms with Crippen LogP contribution >= 0.6 is 0 Å². The minimum Gasteiger partial charge on any atom is -0.372 e. The predicted octanol–water partition coefficient (Wildman–Crippen LogP) is 0.430. The Balaban J connectivity index is 1.70. The SMILES string of the molecule is CCN(CC)c1ccc(/C=N\NC(=O)Cn2cnc3c(=O)n(C)c(=O)n(C)c32)cc1.